The summed E-state index contributed by atoms with van der Waals surface area (Å²) in [6, 6.07) is -0.133. The molecule has 5 nitrogen and oxygen atoms in total. The van der Waals surface area contributed by atoms with Crippen LogP contribution in [0.25, 0.3) is 0 Å². The molecule has 3 N–H and O–H groups in total. The minimum atomic E-state index is -0.133. The molecule has 0 aliphatic carbocycles. The number of nitrogens with one attached hydrogen (secondary N) is 1. The standard InChI is InChI=1S/C9H11N5S/c1-6-9(15-5-13-6)8(14-10)7-4-11-2-3-12-7/h2-5,8,14H,10H2,1H3. The van der Waals surface area contributed by atoms with Crippen molar-refractivity contribution in [1.82, 2.24) is 20.4 Å². The van der Waals surface area contributed by atoms with Crippen LogP contribution in [0, 0.1) is 6.92 Å². The zero-order valence-corrected chi connectivity index (χ0v) is 9.03. The molecule has 0 aromatic carbocycles. The number of aromatic nitrogens is 3. The molecule has 6 heteroatoms. The van der Waals surface area contributed by atoms with Gasteiger partial charge in [0.1, 0.15) is 6.04 Å². The minimum absolute atomic E-state index is 0.133. The average molecular weight is 221 g/mol. The van der Waals surface area contributed by atoms with Crippen molar-refractivity contribution in [3.63, 3.8) is 0 Å². The molecule has 78 valence electrons. The van der Waals surface area contributed by atoms with Crippen LogP contribution >= 0.6 is 11.3 Å². The van der Waals surface area contributed by atoms with Gasteiger partial charge in [0, 0.05) is 12.4 Å². The van der Waals surface area contributed by atoms with Gasteiger partial charge in [-0.1, -0.05) is 0 Å². The maximum absolute atomic E-state index is 5.53. The van der Waals surface area contributed by atoms with E-state index in [0.717, 1.165) is 16.3 Å². The van der Waals surface area contributed by atoms with Gasteiger partial charge in [0.25, 0.3) is 0 Å². The summed E-state index contributed by atoms with van der Waals surface area (Å²) in [5.74, 6) is 5.53. The molecule has 0 radical (unpaired) electrons. The Bertz CT molecular complexity index is 427. The molecular weight excluding hydrogens is 210 g/mol. The van der Waals surface area contributed by atoms with Gasteiger partial charge in [0.05, 0.1) is 28.0 Å². The summed E-state index contributed by atoms with van der Waals surface area (Å²) in [7, 11) is 0. The van der Waals surface area contributed by atoms with E-state index in [9.17, 15) is 0 Å². The van der Waals surface area contributed by atoms with Crippen LogP contribution in [0.3, 0.4) is 0 Å². The SMILES string of the molecule is Cc1ncsc1C(NN)c1cnccn1. The monoisotopic (exact) mass is 221 g/mol. The van der Waals surface area contributed by atoms with Gasteiger partial charge in [-0.2, -0.15) is 0 Å². The Morgan fingerprint density at radius 2 is 2.27 bits per heavy atom. The number of thiazole rings is 1. The maximum atomic E-state index is 5.53. The minimum Gasteiger partial charge on any atom is -0.270 e. The van der Waals surface area contributed by atoms with E-state index in [1.165, 1.54) is 0 Å². The summed E-state index contributed by atoms with van der Waals surface area (Å²) in [5, 5.41) is 0. The van der Waals surface area contributed by atoms with Gasteiger partial charge in [-0.15, -0.1) is 11.3 Å². The van der Waals surface area contributed by atoms with E-state index in [0.29, 0.717) is 0 Å². The highest BCUT2D eigenvalue weighted by molar-refractivity contribution is 7.09. The van der Waals surface area contributed by atoms with E-state index in [4.69, 9.17) is 5.84 Å². The lowest BCUT2D eigenvalue weighted by Crippen LogP contribution is -2.29. The van der Waals surface area contributed by atoms with Crippen molar-refractivity contribution >= 4 is 11.3 Å². The van der Waals surface area contributed by atoms with Crippen molar-refractivity contribution in [3.05, 3.63) is 40.4 Å². The summed E-state index contributed by atoms with van der Waals surface area (Å²) in [5.41, 5.74) is 6.29. The van der Waals surface area contributed by atoms with Crippen LogP contribution in [0.4, 0.5) is 0 Å². The first-order valence-corrected chi connectivity index (χ1v) is 5.33. The smallest absolute Gasteiger partial charge is 0.101 e. The van der Waals surface area contributed by atoms with E-state index >= 15 is 0 Å². The molecule has 2 rings (SSSR count). The van der Waals surface area contributed by atoms with Crippen molar-refractivity contribution in [2.75, 3.05) is 0 Å². The summed E-state index contributed by atoms with van der Waals surface area (Å²) in [6.07, 6.45) is 4.98. The van der Waals surface area contributed by atoms with Crippen LogP contribution in [0.1, 0.15) is 22.3 Å². The summed E-state index contributed by atoms with van der Waals surface area (Å²) >= 11 is 1.56. The number of hydrogen-bond donors (Lipinski definition) is 2. The number of hydrogen-bond acceptors (Lipinski definition) is 6. The Kier molecular flexibility index (Phi) is 3.00. The molecule has 2 aromatic rings. The van der Waals surface area contributed by atoms with E-state index < -0.39 is 0 Å². The molecule has 0 bridgehead atoms. The Labute approximate surface area is 91.4 Å². The Balaban J connectivity index is 2.37. The zero-order valence-electron chi connectivity index (χ0n) is 8.21. The molecule has 0 spiro atoms. The van der Waals surface area contributed by atoms with Gasteiger partial charge in [0.15, 0.2) is 0 Å². The fourth-order valence-corrected chi connectivity index (χ4v) is 2.22. The highest BCUT2D eigenvalue weighted by Crippen LogP contribution is 2.25. The Morgan fingerprint density at radius 1 is 1.40 bits per heavy atom. The lowest BCUT2D eigenvalue weighted by Gasteiger charge is -2.13. The first-order chi connectivity index (χ1) is 7.33. The van der Waals surface area contributed by atoms with Crippen molar-refractivity contribution in [2.45, 2.75) is 13.0 Å². The van der Waals surface area contributed by atoms with E-state index in [1.54, 1.807) is 35.4 Å². The van der Waals surface area contributed by atoms with Crippen molar-refractivity contribution in [3.8, 4) is 0 Å². The van der Waals surface area contributed by atoms with Crippen molar-refractivity contribution < 1.29 is 0 Å². The lowest BCUT2D eigenvalue weighted by atomic mass is 10.1. The largest absolute Gasteiger partial charge is 0.270 e. The van der Waals surface area contributed by atoms with Crippen LogP contribution < -0.4 is 11.3 Å². The fraction of sp³-hybridized carbons (Fsp3) is 0.222. The molecule has 0 fully saturated rings. The maximum Gasteiger partial charge on any atom is 0.101 e. The molecule has 0 saturated heterocycles. The molecule has 0 aliphatic heterocycles. The third-order valence-corrected chi connectivity index (χ3v) is 3.09. The summed E-state index contributed by atoms with van der Waals surface area (Å²) < 4.78 is 0. The van der Waals surface area contributed by atoms with Crippen molar-refractivity contribution in [1.29, 1.82) is 0 Å². The number of aryl methyl sites for hydroxylation is 1. The normalized spacial score (nSPS) is 12.7. The summed E-state index contributed by atoms with van der Waals surface area (Å²) in [6.45, 7) is 1.95. The van der Waals surface area contributed by atoms with Gasteiger partial charge in [-0.05, 0) is 6.92 Å². The third-order valence-electron chi connectivity index (χ3n) is 2.09. The Morgan fingerprint density at radius 3 is 2.80 bits per heavy atom. The molecule has 0 saturated carbocycles. The second-order valence-electron chi connectivity index (χ2n) is 3.03. The van der Waals surface area contributed by atoms with Crippen LogP contribution in [-0.4, -0.2) is 15.0 Å². The van der Waals surface area contributed by atoms with Crippen molar-refractivity contribution in [2.24, 2.45) is 5.84 Å². The van der Waals surface area contributed by atoms with Gasteiger partial charge < -0.3 is 0 Å². The van der Waals surface area contributed by atoms with Gasteiger partial charge in [-0.25, -0.2) is 10.4 Å². The van der Waals surface area contributed by atoms with E-state index in [2.05, 4.69) is 20.4 Å². The average Bonchev–Trinajstić information content (AvgIpc) is 2.68. The van der Waals surface area contributed by atoms with Crippen LogP contribution in [0.2, 0.25) is 0 Å². The van der Waals surface area contributed by atoms with Gasteiger partial charge >= 0.3 is 0 Å². The zero-order chi connectivity index (χ0) is 10.7. The van der Waals surface area contributed by atoms with Gasteiger partial charge in [0.2, 0.25) is 0 Å². The predicted octanol–water partition coefficient (Wildman–Crippen LogP) is 0.794. The van der Waals surface area contributed by atoms with Crippen LogP contribution in [-0.2, 0) is 0 Å². The molecule has 0 amide bonds. The number of nitrogens with two attached hydrogens (primary N) is 1. The molecule has 0 aliphatic rings. The molecule has 2 aromatic heterocycles. The summed E-state index contributed by atoms with van der Waals surface area (Å²) in [4.78, 5) is 13.5. The van der Waals surface area contributed by atoms with Gasteiger partial charge in [-0.3, -0.25) is 15.8 Å². The highest BCUT2D eigenvalue weighted by Gasteiger charge is 2.17. The highest BCUT2D eigenvalue weighted by atomic mass is 32.1. The third kappa shape index (κ3) is 2.01. The number of hydrazine groups is 1. The fourth-order valence-electron chi connectivity index (χ4n) is 1.34. The topological polar surface area (TPSA) is 76.7 Å². The predicted molar refractivity (Wildman–Crippen MR) is 58.0 cm³/mol. The number of nitrogens with zero attached hydrogens (tertiary/aromatic N) is 3. The molecule has 1 atom stereocenters. The van der Waals surface area contributed by atoms with Crippen LogP contribution in [0.15, 0.2) is 24.1 Å². The van der Waals surface area contributed by atoms with Crippen LogP contribution in [0.5, 0.6) is 0 Å². The first-order valence-electron chi connectivity index (χ1n) is 4.45. The molecule has 2 heterocycles. The molecule has 1 unspecified atom stereocenters. The molecule has 15 heavy (non-hydrogen) atoms. The van der Waals surface area contributed by atoms with E-state index in [-0.39, 0.29) is 6.04 Å². The number of rotatable bonds is 3. The molecular formula is C9H11N5S. The quantitative estimate of drug-likeness (QED) is 0.592. The lowest BCUT2D eigenvalue weighted by molar-refractivity contribution is 0.623. The Hall–Kier alpha value is -1.37. The van der Waals surface area contributed by atoms with E-state index in [1.807, 2.05) is 6.92 Å². The second kappa shape index (κ2) is 4.43. The first kappa shape index (κ1) is 10.2. The second-order valence-corrected chi connectivity index (χ2v) is 3.92.